The van der Waals surface area contributed by atoms with Crippen molar-refractivity contribution in [3.05, 3.63) is 46.4 Å². The highest BCUT2D eigenvalue weighted by atomic mass is 32.1. The van der Waals surface area contributed by atoms with Crippen LogP contribution in [-0.4, -0.2) is 22.0 Å². The molecule has 0 bridgehead atoms. The Kier molecular flexibility index (Phi) is 3.73. The zero-order valence-electron chi connectivity index (χ0n) is 13.5. The quantitative estimate of drug-likeness (QED) is 0.732. The number of aromatic nitrogens is 3. The predicted molar refractivity (Wildman–Crippen MR) is 95.1 cm³/mol. The fourth-order valence-corrected chi connectivity index (χ4v) is 4.63. The fraction of sp³-hybridized carbons (Fsp3) is 0.389. The lowest BCUT2D eigenvalue weighted by molar-refractivity contribution is 0.700. The number of pyridine rings is 1. The van der Waals surface area contributed by atoms with Crippen LogP contribution < -0.4 is 4.90 Å². The highest BCUT2D eigenvalue weighted by Crippen LogP contribution is 2.39. The minimum atomic E-state index is 0.761. The van der Waals surface area contributed by atoms with Gasteiger partial charge in [-0.15, -0.1) is 11.3 Å². The van der Waals surface area contributed by atoms with Gasteiger partial charge >= 0.3 is 0 Å². The number of anilines is 1. The first-order valence-electron chi connectivity index (χ1n) is 8.12. The molecule has 3 aromatic heterocycles. The van der Waals surface area contributed by atoms with Gasteiger partial charge in [0.2, 0.25) is 0 Å². The van der Waals surface area contributed by atoms with E-state index in [1.165, 1.54) is 35.1 Å². The van der Waals surface area contributed by atoms with E-state index in [0.717, 1.165) is 35.1 Å². The number of hydrogen-bond acceptors (Lipinski definition) is 5. The molecular formula is C18H20N4S. The molecule has 4 nitrogen and oxygen atoms in total. The van der Waals surface area contributed by atoms with Crippen molar-refractivity contribution in [1.82, 2.24) is 15.0 Å². The third kappa shape index (κ3) is 2.70. The number of thiophene rings is 1. The molecule has 3 aromatic rings. The molecule has 3 heterocycles. The van der Waals surface area contributed by atoms with E-state index < -0.39 is 0 Å². The van der Waals surface area contributed by atoms with Gasteiger partial charge in [0.05, 0.1) is 17.6 Å². The standard InChI is InChI=1S/C18H20N4S/c1-12-20-17(22(2)11-13-7-5-6-10-19-13)16-14-8-3-4-9-15(14)23-18(16)21-12/h5-7,10H,3-4,8-9,11H2,1-2H3. The maximum atomic E-state index is 4.77. The van der Waals surface area contributed by atoms with Gasteiger partial charge in [0.25, 0.3) is 0 Å². The summed E-state index contributed by atoms with van der Waals surface area (Å²) in [6.07, 6.45) is 6.77. The number of fused-ring (bicyclic) bond motifs is 3. The lowest BCUT2D eigenvalue weighted by atomic mass is 9.97. The third-order valence-corrected chi connectivity index (χ3v) is 5.58. The summed E-state index contributed by atoms with van der Waals surface area (Å²) in [5.74, 6) is 1.90. The minimum absolute atomic E-state index is 0.761. The highest BCUT2D eigenvalue weighted by Gasteiger charge is 2.22. The Morgan fingerprint density at radius 3 is 2.87 bits per heavy atom. The Morgan fingerprint density at radius 2 is 2.04 bits per heavy atom. The van der Waals surface area contributed by atoms with Crippen LogP contribution in [0, 0.1) is 6.92 Å². The van der Waals surface area contributed by atoms with E-state index >= 15 is 0 Å². The molecule has 1 aliphatic carbocycles. The molecule has 0 fully saturated rings. The smallest absolute Gasteiger partial charge is 0.141 e. The van der Waals surface area contributed by atoms with Crippen molar-refractivity contribution in [2.24, 2.45) is 0 Å². The van der Waals surface area contributed by atoms with Crippen LogP contribution in [-0.2, 0) is 19.4 Å². The van der Waals surface area contributed by atoms with E-state index in [2.05, 4.69) is 23.0 Å². The second kappa shape index (κ2) is 5.89. The van der Waals surface area contributed by atoms with Crippen LogP contribution in [0.15, 0.2) is 24.4 Å². The molecule has 0 atom stereocenters. The molecule has 0 unspecified atom stereocenters. The van der Waals surface area contributed by atoms with Crippen LogP contribution in [0.4, 0.5) is 5.82 Å². The van der Waals surface area contributed by atoms with E-state index in [0.29, 0.717) is 0 Å². The molecule has 118 valence electrons. The fourth-order valence-electron chi connectivity index (χ4n) is 3.33. The van der Waals surface area contributed by atoms with Crippen LogP contribution in [0.5, 0.6) is 0 Å². The maximum Gasteiger partial charge on any atom is 0.141 e. The molecule has 0 aromatic carbocycles. The summed E-state index contributed by atoms with van der Waals surface area (Å²) < 4.78 is 0. The van der Waals surface area contributed by atoms with E-state index in [1.54, 1.807) is 0 Å². The SMILES string of the molecule is Cc1nc(N(C)Cc2ccccn2)c2c3c(sc2n1)CCCC3. The summed E-state index contributed by atoms with van der Waals surface area (Å²) in [5, 5.41) is 1.27. The molecule has 0 saturated heterocycles. The lowest BCUT2D eigenvalue weighted by Gasteiger charge is -2.20. The van der Waals surface area contributed by atoms with Gasteiger partial charge in [-0.1, -0.05) is 6.07 Å². The van der Waals surface area contributed by atoms with Crippen LogP contribution in [0.1, 0.15) is 34.8 Å². The van der Waals surface area contributed by atoms with Gasteiger partial charge in [-0.25, -0.2) is 9.97 Å². The Labute approximate surface area is 140 Å². The van der Waals surface area contributed by atoms with Gasteiger partial charge in [-0.3, -0.25) is 4.98 Å². The van der Waals surface area contributed by atoms with Crippen molar-refractivity contribution in [2.45, 2.75) is 39.2 Å². The zero-order chi connectivity index (χ0) is 15.8. The molecule has 0 N–H and O–H groups in total. The van der Waals surface area contributed by atoms with Crippen LogP contribution >= 0.6 is 11.3 Å². The van der Waals surface area contributed by atoms with E-state index in [1.807, 2.05) is 36.6 Å². The van der Waals surface area contributed by atoms with Gasteiger partial charge < -0.3 is 4.90 Å². The van der Waals surface area contributed by atoms with Crippen molar-refractivity contribution in [1.29, 1.82) is 0 Å². The number of nitrogens with zero attached hydrogens (tertiary/aromatic N) is 4. The van der Waals surface area contributed by atoms with Gasteiger partial charge in [0, 0.05) is 18.1 Å². The minimum Gasteiger partial charge on any atom is -0.353 e. The topological polar surface area (TPSA) is 41.9 Å². The third-order valence-electron chi connectivity index (χ3n) is 4.39. The average Bonchev–Trinajstić information content (AvgIpc) is 2.93. The Balaban J connectivity index is 1.80. The number of aryl methyl sites for hydroxylation is 3. The Morgan fingerprint density at radius 1 is 1.17 bits per heavy atom. The van der Waals surface area contributed by atoms with Crippen molar-refractivity contribution in [3.63, 3.8) is 0 Å². The van der Waals surface area contributed by atoms with Gasteiger partial charge in [-0.2, -0.15) is 0 Å². The summed E-state index contributed by atoms with van der Waals surface area (Å²) in [6.45, 7) is 2.74. The zero-order valence-corrected chi connectivity index (χ0v) is 14.4. The van der Waals surface area contributed by atoms with Gasteiger partial charge in [0.1, 0.15) is 16.5 Å². The molecule has 0 radical (unpaired) electrons. The van der Waals surface area contributed by atoms with Gasteiger partial charge in [0.15, 0.2) is 0 Å². The predicted octanol–water partition coefficient (Wildman–Crippen LogP) is 3.91. The largest absolute Gasteiger partial charge is 0.353 e. The summed E-state index contributed by atoms with van der Waals surface area (Å²) in [4.78, 5) is 18.8. The summed E-state index contributed by atoms with van der Waals surface area (Å²) in [5.41, 5.74) is 2.54. The molecule has 0 amide bonds. The Bertz CT molecular complexity index is 841. The monoisotopic (exact) mass is 324 g/mol. The Hall–Kier alpha value is -2.01. The lowest BCUT2D eigenvalue weighted by Crippen LogP contribution is -2.19. The first-order chi connectivity index (χ1) is 11.2. The van der Waals surface area contributed by atoms with Crippen LogP contribution in [0.2, 0.25) is 0 Å². The number of rotatable bonds is 3. The van der Waals surface area contributed by atoms with Crippen molar-refractivity contribution in [2.75, 3.05) is 11.9 Å². The average molecular weight is 324 g/mol. The molecule has 5 heteroatoms. The van der Waals surface area contributed by atoms with E-state index in [4.69, 9.17) is 9.97 Å². The molecule has 0 spiro atoms. The van der Waals surface area contributed by atoms with E-state index in [-0.39, 0.29) is 0 Å². The first-order valence-corrected chi connectivity index (χ1v) is 8.94. The van der Waals surface area contributed by atoms with E-state index in [9.17, 15) is 0 Å². The van der Waals surface area contributed by atoms with Crippen molar-refractivity contribution >= 4 is 27.4 Å². The molecular weight excluding hydrogens is 304 g/mol. The maximum absolute atomic E-state index is 4.77. The molecule has 23 heavy (non-hydrogen) atoms. The first kappa shape index (κ1) is 14.6. The summed E-state index contributed by atoms with van der Waals surface area (Å²) >= 11 is 1.86. The summed E-state index contributed by atoms with van der Waals surface area (Å²) in [6, 6.07) is 6.04. The van der Waals surface area contributed by atoms with Gasteiger partial charge in [-0.05, 0) is 50.3 Å². The molecule has 1 aliphatic rings. The second-order valence-corrected chi connectivity index (χ2v) is 7.25. The molecule has 0 aliphatic heterocycles. The van der Waals surface area contributed by atoms with Crippen molar-refractivity contribution in [3.8, 4) is 0 Å². The molecule has 0 saturated carbocycles. The number of hydrogen-bond donors (Lipinski definition) is 0. The summed E-state index contributed by atoms with van der Waals surface area (Å²) in [7, 11) is 2.10. The second-order valence-electron chi connectivity index (χ2n) is 6.16. The highest BCUT2D eigenvalue weighted by molar-refractivity contribution is 7.19. The van der Waals surface area contributed by atoms with Crippen LogP contribution in [0.25, 0.3) is 10.2 Å². The molecule has 4 rings (SSSR count). The normalized spacial score (nSPS) is 14.0. The van der Waals surface area contributed by atoms with Crippen LogP contribution in [0.3, 0.4) is 0 Å². The van der Waals surface area contributed by atoms with Crippen molar-refractivity contribution < 1.29 is 0 Å².